The fourth-order valence-corrected chi connectivity index (χ4v) is 2.64. The van der Waals surface area contributed by atoms with Crippen molar-refractivity contribution in [3.63, 3.8) is 0 Å². The van der Waals surface area contributed by atoms with Crippen LogP contribution in [0.5, 0.6) is 5.75 Å². The Balaban J connectivity index is 2.17. The summed E-state index contributed by atoms with van der Waals surface area (Å²) in [6.45, 7) is 2.89. The maximum absolute atomic E-state index is 11.9. The van der Waals surface area contributed by atoms with E-state index in [-0.39, 0.29) is 5.75 Å². The van der Waals surface area contributed by atoms with E-state index in [1.165, 1.54) is 4.40 Å². The van der Waals surface area contributed by atoms with Crippen LogP contribution < -0.4 is 10.5 Å². The van der Waals surface area contributed by atoms with Crippen LogP contribution in [-0.4, -0.2) is 40.8 Å². The number of hydrogen-bond acceptors (Lipinski definition) is 5. The van der Waals surface area contributed by atoms with Gasteiger partial charge in [-0.3, -0.25) is 9.20 Å². The van der Waals surface area contributed by atoms with Crippen molar-refractivity contribution < 1.29 is 9.84 Å². The molecule has 2 aromatic heterocycles. The van der Waals surface area contributed by atoms with Crippen LogP contribution in [-0.2, 0) is 4.74 Å². The number of pyridine rings is 1. The summed E-state index contributed by atoms with van der Waals surface area (Å²) in [6.07, 6.45) is 2.86. The summed E-state index contributed by atoms with van der Waals surface area (Å²) in [5.41, 5.74) is 0.915. The van der Waals surface area contributed by atoms with E-state index in [0.717, 1.165) is 25.0 Å². The summed E-state index contributed by atoms with van der Waals surface area (Å²) < 4.78 is 7.38. The van der Waals surface area contributed by atoms with Gasteiger partial charge in [-0.2, -0.15) is 0 Å². The molecule has 0 spiro atoms. The van der Waals surface area contributed by atoms with Crippen molar-refractivity contribution in [3.8, 4) is 5.75 Å². The third-order valence-electron chi connectivity index (χ3n) is 3.10. The number of aromatic nitrogens is 2. The molecular weight excluding hydrogens is 314 g/mol. The first-order valence-corrected chi connectivity index (χ1v) is 6.69. The normalized spacial score (nSPS) is 15.9. The summed E-state index contributed by atoms with van der Waals surface area (Å²) in [7, 11) is 0. The second kappa shape index (κ2) is 4.82. The van der Waals surface area contributed by atoms with E-state index in [9.17, 15) is 9.90 Å². The van der Waals surface area contributed by atoms with Gasteiger partial charge in [0.25, 0.3) is 5.56 Å². The monoisotopic (exact) mass is 325 g/mol. The van der Waals surface area contributed by atoms with Crippen LogP contribution in [0.3, 0.4) is 0 Å². The number of morpholine rings is 1. The molecule has 2 aromatic rings. The van der Waals surface area contributed by atoms with Crippen LogP contribution in [0.4, 0.5) is 5.69 Å². The zero-order chi connectivity index (χ0) is 13.4. The van der Waals surface area contributed by atoms with Crippen LogP contribution in [0.15, 0.2) is 27.7 Å². The zero-order valence-electron chi connectivity index (χ0n) is 10.0. The average molecular weight is 326 g/mol. The van der Waals surface area contributed by atoms with E-state index in [4.69, 9.17) is 4.74 Å². The van der Waals surface area contributed by atoms with Gasteiger partial charge in [-0.1, -0.05) is 0 Å². The second-order valence-electron chi connectivity index (χ2n) is 4.29. The number of aromatic hydroxyl groups is 1. The van der Waals surface area contributed by atoms with Crippen molar-refractivity contribution in [3.05, 3.63) is 33.3 Å². The smallest absolute Gasteiger partial charge is 0.300 e. The summed E-state index contributed by atoms with van der Waals surface area (Å²) in [4.78, 5) is 18.1. The summed E-state index contributed by atoms with van der Waals surface area (Å²) in [5.74, 6) is -0.358. The Labute approximate surface area is 117 Å². The van der Waals surface area contributed by atoms with Gasteiger partial charge in [-0.15, -0.1) is 0 Å². The van der Waals surface area contributed by atoms with E-state index in [1.54, 1.807) is 6.20 Å². The maximum Gasteiger partial charge on any atom is 0.300 e. The van der Waals surface area contributed by atoms with Gasteiger partial charge >= 0.3 is 0 Å². The molecule has 0 unspecified atom stereocenters. The van der Waals surface area contributed by atoms with Crippen molar-refractivity contribution in [2.45, 2.75) is 0 Å². The molecule has 0 amide bonds. The van der Waals surface area contributed by atoms with E-state index >= 15 is 0 Å². The van der Waals surface area contributed by atoms with E-state index in [2.05, 4.69) is 25.8 Å². The Kier molecular flexibility index (Phi) is 3.16. The molecular formula is C12H12BrN3O3. The van der Waals surface area contributed by atoms with Crippen LogP contribution in [0.2, 0.25) is 0 Å². The molecule has 1 aliphatic heterocycles. The third kappa shape index (κ3) is 2.19. The topological polar surface area (TPSA) is 67.1 Å². The highest BCUT2D eigenvalue weighted by Gasteiger charge is 2.14. The number of fused-ring (bicyclic) bond motifs is 1. The molecule has 0 bridgehead atoms. The minimum atomic E-state index is -0.471. The highest BCUT2D eigenvalue weighted by molar-refractivity contribution is 9.10. The fraction of sp³-hybridized carbons (Fsp3) is 0.333. The van der Waals surface area contributed by atoms with E-state index in [0.29, 0.717) is 23.3 Å². The molecule has 0 radical (unpaired) electrons. The van der Waals surface area contributed by atoms with Crippen LogP contribution in [0.25, 0.3) is 5.65 Å². The first-order chi connectivity index (χ1) is 9.16. The molecule has 1 saturated heterocycles. The number of ether oxygens (including phenoxy) is 1. The molecule has 1 fully saturated rings. The van der Waals surface area contributed by atoms with Crippen LogP contribution in [0.1, 0.15) is 0 Å². The molecule has 6 nitrogen and oxygen atoms in total. The predicted molar refractivity (Wildman–Crippen MR) is 73.9 cm³/mol. The molecule has 0 aliphatic carbocycles. The fourth-order valence-electron chi connectivity index (χ4n) is 2.11. The lowest BCUT2D eigenvalue weighted by atomic mass is 10.3. The number of halogens is 1. The Morgan fingerprint density at radius 2 is 2.11 bits per heavy atom. The van der Waals surface area contributed by atoms with Gasteiger partial charge in [0.15, 0.2) is 5.65 Å². The first kappa shape index (κ1) is 12.4. The summed E-state index contributed by atoms with van der Waals surface area (Å²) in [6, 6.07) is 1.92. The minimum absolute atomic E-state index is 0.358. The summed E-state index contributed by atoms with van der Waals surface area (Å²) >= 11 is 3.41. The Morgan fingerprint density at radius 3 is 2.84 bits per heavy atom. The minimum Gasteiger partial charge on any atom is -0.502 e. The molecule has 1 aliphatic rings. The number of hydrogen-bond donors (Lipinski definition) is 1. The van der Waals surface area contributed by atoms with Gasteiger partial charge in [0.1, 0.15) is 0 Å². The molecule has 0 saturated carbocycles. The van der Waals surface area contributed by atoms with E-state index in [1.807, 2.05) is 6.07 Å². The van der Waals surface area contributed by atoms with Gasteiger partial charge in [-0.25, -0.2) is 4.98 Å². The molecule has 0 atom stereocenters. The third-order valence-corrected chi connectivity index (χ3v) is 3.68. The number of rotatable bonds is 1. The molecule has 3 heterocycles. The van der Waals surface area contributed by atoms with Crippen molar-refractivity contribution in [2.75, 3.05) is 31.2 Å². The standard InChI is InChI=1S/C12H12BrN3O3/c13-9-5-8(15-1-3-19-4-2-15)7-16-11(9)14-6-10(17)12(16)18/h5-7,17H,1-4H2. The Morgan fingerprint density at radius 1 is 1.37 bits per heavy atom. The molecule has 3 rings (SSSR count). The molecule has 7 heteroatoms. The van der Waals surface area contributed by atoms with E-state index < -0.39 is 5.56 Å². The summed E-state index contributed by atoms with van der Waals surface area (Å²) in [5, 5.41) is 9.46. The van der Waals surface area contributed by atoms with Crippen LogP contribution >= 0.6 is 15.9 Å². The largest absolute Gasteiger partial charge is 0.502 e. The Hall–Kier alpha value is -1.60. The Bertz CT molecular complexity index is 680. The first-order valence-electron chi connectivity index (χ1n) is 5.89. The molecule has 0 aromatic carbocycles. The number of anilines is 1. The van der Waals surface area contributed by atoms with Crippen molar-refractivity contribution in [2.24, 2.45) is 0 Å². The zero-order valence-corrected chi connectivity index (χ0v) is 11.6. The van der Waals surface area contributed by atoms with Gasteiger partial charge in [0, 0.05) is 19.3 Å². The van der Waals surface area contributed by atoms with Crippen molar-refractivity contribution >= 4 is 27.3 Å². The lowest BCUT2D eigenvalue weighted by molar-refractivity contribution is 0.122. The molecule has 19 heavy (non-hydrogen) atoms. The second-order valence-corrected chi connectivity index (χ2v) is 5.14. The molecule has 100 valence electrons. The van der Waals surface area contributed by atoms with Gasteiger partial charge < -0.3 is 14.7 Å². The van der Waals surface area contributed by atoms with Crippen molar-refractivity contribution in [1.82, 2.24) is 9.38 Å². The highest BCUT2D eigenvalue weighted by Crippen LogP contribution is 2.24. The van der Waals surface area contributed by atoms with Gasteiger partial charge in [0.05, 0.1) is 29.6 Å². The highest BCUT2D eigenvalue weighted by atomic mass is 79.9. The van der Waals surface area contributed by atoms with Gasteiger partial charge in [-0.05, 0) is 22.0 Å². The lowest BCUT2D eigenvalue weighted by Gasteiger charge is -2.29. The number of nitrogens with zero attached hydrogens (tertiary/aromatic N) is 3. The maximum atomic E-state index is 11.9. The van der Waals surface area contributed by atoms with Gasteiger partial charge in [0.2, 0.25) is 5.75 Å². The SMILES string of the molecule is O=c1c(O)cnc2c(Br)cc(N3CCOCC3)cn12. The van der Waals surface area contributed by atoms with Crippen molar-refractivity contribution in [1.29, 1.82) is 0 Å². The lowest BCUT2D eigenvalue weighted by Crippen LogP contribution is -2.36. The van der Waals surface area contributed by atoms with Crippen LogP contribution in [0, 0.1) is 0 Å². The average Bonchev–Trinajstić information content (AvgIpc) is 2.44. The molecule has 1 N–H and O–H groups in total. The quantitative estimate of drug-likeness (QED) is 0.847. The predicted octanol–water partition coefficient (Wildman–Crippen LogP) is 0.999.